The monoisotopic (exact) mass is 404 g/mol. The number of furan rings is 1. The largest absolute Gasteiger partial charge is 0.459 e. The molecule has 0 bridgehead atoms. The summed E-state index contributed by atoms with van der Waals surface area (Å²) >= 11 is 0. The maximum Gasteiger partial charge on any atom is 0.291 e. The highest BCUT2D eigenvalue weighted by atomic mass is 16.5. The minimum atomic E-state index is -0.446. The van der Waals surface area contributed by atoms with Crippen molar-refractivity contribution in [2.45, 2.75) is 51.9 Å². The first kappa shape index (κ1) is 21.1. The Kier molecular flexibility index (Phi) is 7.42. The lowest BCUT2D eigenvalue weighted by molar-refractivity contribution is -0.0395. The summed E-state index contributed by atoms with van der Waals surface area (Å²) in [6.45, 7) is 5.59. The standard InChI is InChI=1S/C20H28N4O5/c1-14(2)27-12-6-9-21-20(26)18-15(22-19(25)16-7-5-11-28-16)13-24(23-18)17-8-3-4-10-29-17/h5,7,11,13-14,17H,3-4,6,8-10,12H2,1-2H3,(H,21,26)(H,22,25). The van der Waals surface area contributed by atoms with Crippen LogP contribution in [-0.2, 0) is 9.47 Å². The van der Waals surface area contributed by atoms with Gasteiger partial charge in [0.1, 0.15) is 6.23 Å². The van der Waals surface area contributed by atoms with Gasteiger partial charge >= 0.3 is 0 Å². The van der Waals surface area contributed by atoms with Crippen LogP contribution in [-0.4, -0.2) is 47.5 Å². The van der Waals surface area contributed by atoms with Gasteiger partial charge in [-0.1, -0.05) is 0 Å². The Balaban J connectivity index is 1.69. The van der Waals surface area contributed by atoms with Gasteiger partial charge in [0.25, 0.3) is 11.8 Å². The first-order valence-corrected chi connectivity index (χ1v) is 10.00. The lowest BCUT2D eigenvalue weighted by Gasteiger charge is -2.22. The summed E-state index contributed by atoms with van der Waals surface area (Å²) < 4.78 is 17.9. The van der Waals surface area contributed by atoms with E-state index in [0.29, 0.717) is 31.9 Å². The van der Waals surface area contributed by atoms with Crippen molar-refractivity contribution in [1.82, 2.24) is 15.1 Å². The molecule has 1 aliphatic heterocycles. The maximum absolute atomic E-state index is 12.7. The number of aromatic nitrogens is 2. The number of nitrogens with zero attached hydrogens (tertiary/aromatic N) is 2. The van der Waals surface area contributed by atoms with Crippen LogP contribution in [0, 0.1) is 0 Å². The molecule has 3 heterocycles. The molecule has 9 heteroatoms. The second-order valence-electron chi connectivity index (χ2n) is 7.15. The minimum Gasteiger partial charge on any atom is -0.459 e. The molecular formula is C20H28N4O5. The number of carbonyl (C=O) groups is 2. The SMILES string of the molecule is CC(C)OCCCNC(=O)c1nn(C2CCCCO2)cc1NC(=O)c1ccco1. The van der Waals surface area contributed by atoms with E-state index in [1.807, 2.05) is 13.8 Å². The van der Waals surface area contributed by atoms with Gasteiger partial charge in [0.2, 0.25) is 0 Å². The van der Waals surface area contributed by atoms with Gasteiger partial charge in [0.05, 0.1) is 24.3 Å². The molecule has 0 spiro atoms. The lowest BCUT2D eigenvalue weighted by atomic mass is 10.2. The Morgan fingerprint density at radius 3 is 2.90 bits per heavy atom. The van der Waals surface area contributed by atoms with Gasteiger partial charge in [0.15, 0.2) is 11.5 Å². The Morgan fingerprint density at radius 1 is 1.34 bits per heavy atom. The fraction of sp³-hybridized carbons (Fsp3) is 0.550. The second kappa shape index (κ2) is 10.2. The van der Waals surface area contributed by atoms with E-state index in [2.05, 4.69) is 15.7 Å². The van der Waals surface area contributed by atoms with Crippen molar-refractivity contribution in [2.24, 2.45) is 0 Å². The lowest BCUT2D eigenvalue weighted by Crippen LogP contribution is -2.27. The van der Waals surface area contributed by atoms with E-state index in [0.717, 1.165) is 19.3 Å². The summed E-state index contributed by atoms with van der Waals surface area (Å²) in [7, 11) is 0. The van der Waals surface area contributed by atoms with Crippen molar-refractivity contribution >= 4 is 17.5 Å². The molecule has 1 aliphatic rings. The third-order valence-electron chi connectivity index (χ3n) is 4.45. The van der Waals surface area contributed by atoms with E-state index in [-0.39, 0.29) is 29.7 Å². The molecule has 0 aromatic carbocycles. The average Bonchev–Trinajstić information content (AvgIpc) is 3.38. The fourth-order valence-electron chi connectivity index (χ4n) is 3.00. The zero-order chi connectivity index (χ0) is 20.6. The third-order valence-corrected chi connectivity index (χ3v) is 4.45. The van der Waals surface area contributed by atoms with E-state index in [4.69, 9.17) is 13.9 Å². The van der Waals surface area contributed by atoms with Crippen molar-refractivity contribution in [3.63, 3.8) is 0 Å². The third kappa shape index (κ3) is 5.91. The van der Waals surface area contributed by atoms with Crippen molar-refractivity contribution in [3.05, 3.63) is 36.0 Å². The normalized spacial score (nSPS) is 16.7. The first-order chi connectivity index (χ1) is 14.0. The molecule has 3 rings (SSSR count). The van der Waals surface area contributed by atoms with Crippen LogP contribution in [0.5, 0.6) is 0 Å². The van der Waals surface area contributed by atoms with Gasteiger partial charge in [-0.05, 0) is 51.7 Å². The summed E-state index contributed by atoms with van der Waals surface area (Å²) in [6, 6.07) is 3.18. The Morgan fingerprint density at radius 2 is 2.21 bits per heavy atom. The van der Waals surface area contributed by atoms with Crippen molar-refractivity contribution in [1.29, 1.82) is 0 Å². The summed E-state index contributed by atoms with van der Waals surface area (Å²) in [6.07, 6.45) is 6.48. The highest BCUT2D eigenvalue weighted by Crippen LogP contribution is 2.25. The van der Waals surface area contributed by atoms with Gasteiger partial charge < -0.3 is 24.5 Å². The van der Waals surface area contributed by atoms with Gasteiger partial charge in [0, 0.05) is 19.8 Å². The zero-order valence-electron chi connectivity index (χ0n) is 16.8. The van der Waals surface area contributed by atoms with Gasteiger partial charge in [-0.15, -0.1) is 0 Å². The van der Waals surface area contributed by atoms with Crippen molar-refractivity contribution < 1.29 is 23.5 Å². The summed E-state index contributed by atoms with van der Waals surface area (Å²) in [5, 5.41) is 9.94. The van der Waals surface area contributed by atoms with Crippen molar-refractivity contribution in [2.75, 3.05) is 25.1 Å². The molecular weight excluding hydrogens is 376 g/mol. The second-order valence-corrected chi connectivity index (χ2v) is 7.15. The molecule has 1 fully saturated rings. The van der Waals surface area contributed by atoms with E-state index in [9.17, 15) is 9.59 Å². The molecule has 1 atom stereocenters. The molecule has 29 heavy (non-hydrogen) atoms. The average molecular weight is 404 g/mol. The molecule has 0 saturated carbocycles. The Labute approximate surface area is 169 Å². The van der Waals surface area contributed by atoms with Gasteiger partial charge in [-0.3, -0.25) is 9.59 Å². The number of rotatable bonds is 9. The summed E-state index contributed by atoms with van der Waals surface area (Å²) in [4.78, 5) is 25.1. The molecule has 2 aromatic rings. The number of carbonyl (C=O) groups excluding carboxylic acids is 2. The van der Waals surface area contributed by atoms with Gasteiger partial charge in [-0.2, -0.15) is 5.10 Å². The van der Waals surface area contributed by atoms with Crippen LogP contribution >= 0.6 is 0 Å². The van der Waals surface area contributed by atoms with Crippen molar-refractivity contribution in [3.8, 4) is 0 Å². The van der Waals surface area contributed by atoms with Crippen LogP contribution in [0.25, 0.3) is 0 Å². The van der Waals surface area contributed by atoms with E-state index >= 15 is 0 Å². The number of ether oxygens (including phenoxy) is 2. The predicted octanol–water partition coefficient (Wildman–Crippen LogP) is 2.97. The molecule has 2 amide bonds. The quantitative estimate of drug-likeness (QED) is 0.622. The van der Waals surface area contributed by atoms with E-state index in [1.165, 1.54) is 6.26 Å². The van der Waals surface area contributed by atoms with Crippen LogP contribution in [0.1, 0.15) is 66.8 Å². The highest BCUT2D eigenvalue weighted by Gasteiger charge is 2.24. The predicted molar refractivity (Wildman–Crippen MR) is 106 cm³/mol. The summed E-state index contributed by atoms with van der Waals surface area (Å²) in [5.41, 5.74) is 0.459. The molecule has 0 radical (unpaired) electrons. The Bertz CT molecular complexity index is 794. The molecule has 0 aliphatic carbocycles. The molecule has 9 nitrogen and oxygen atoms in total. The van der Waals surface area contributed by atoms with Crippen LogP contribution in [0.15, 0.2) is 29.0 Å². The highest BCUT2D eigenvalue weighted by molar-refractivity contribution is 6.06. The van der Waals surface area contributed by atoms with Crippen LogP contribution in [0.2, 0.25) is 0 Å². The van der Waals surface area contributed by atoms with E-state index in [1.54, 1.807) is 23.0 Å². The topological polar surface area (TPSA) is 108 Å². The number of nitrogens with one attached hydrogen (secondary N) is 2. The Hall–Kier alpha value is -2.65. The number of anilines is 1. The first-order valence-electron chi connectivity index (χ1n) is 10.00. The number of hydrogen-bond donors (Lipinski definition) is 2. The van der Waals surface area contributed by atoms with Gasteiger partial charge in [-0.25, -0.2) is 4.68 Å². The fourth-order valence-corrected chi connectivity index (χ4v) is 3.00. The number of hydrogen-bond acceptors (Lipinski definition) is 6. The van der Waals surface area contributed by atoms with E-state index < -0.39 is 5.91 Å². The smallest absolute Gasteiger partial charge is 0.291 e. The summed E-state index contributed by atoms with van der Waals surface area (Å²) in [5.74, 6) is -0.652. The minimum absolute atomic E-state index is 0.142. The molecule has 2 N–H and O–H groups in total. The van der Waals surface area contributed by atoms with Crippen LogP contribution in [0.3, 0.4) is 0 Å². The molecule has 158 valence electrons. The zero-order valence-corrected chi connectivity index (χ0v) is 16.8. The molecule has 1 saturated heterocycles. The van der Waals surface area contributed by atoms with Crippen LogP contribution in [0.4, 0.5) is 5.69 Å². The number of amides is 2. The maximum atomic E-state index is 12.7. The molecule has 1 unspecified atom stereocenters. The molecule has 2 aromatic heterocycles. The van der Waals surface area contributed by atoms with Crippen LogP contribution < -0.4 is 10.6 Å².